The minimum Gasteiger partial charge on any atom is -0.300 e. The molecule has 7 heteroatoms. The Bertz CT molecular complexity index is 645. The molecular weight excluding hydrogens is 310 g/mol. The van der Waals surface area contributed by atoms with Crippen molar-refractivity contribution in [1.29, 1.82) is 0 Å². The number of aryl methyl sites for hydroxylation is 1. The van der Waals surface area contributed by atoms with Crippen LogP contribution in [0.2, 0.25) is 0 Å². The molecule has 1 saturated heterocycles. The number of pyridine rings is 1. The second-order valence-corrected chi connectivity index (χ2v) is 6.66. The summed E-state index contributed by atoms with van der Waals surface area (Å²) in [4.78, 5) is 18.9. The largest absolute Gasteiger partial charge is 0.300 e. The van der Waals surface area contributed by atoms with Crippen LogP contribution in [-0.2, 0) is 11.2 Å². The fourth-order valence-corrected chi connectivity index (χ4v) is 3.57. The van der Waals surface area contributed by atoms with Gasteiger partial charge in [-0.05, 0) is 37.9 Å². The Morgan fingerprint density at radius 3 is 3.09 bits per heavy atom. The summed E-state index contributed by atoms with van der Waals surface area (Å²) in [7, 11) is 0. The standard InChI is InChI=1S/C16H21N5OS/c1-2-15-19-20-16(23-15)18-14(22)8-11-21-10-5-7-13(21)12-6-3-4-9-17-12/h3-4,6,9,13H,2,5,7-8,10-11H2,1H3,(H,18,20,22)/t13-/m0/s1. The van der Waals surface area contributed by atoms with E-state index < -0.39 is 0 Å². The molecule has 122 valence electrons. The van der Waals surface area contributed by atoms with Gasteiger partial charge in [-0.2, -0.15) is 0 Å². The molecule has 0 bridgehead atoms. The Kier molecular flexibility index (Phi) is 5.30. The normalized spacial score (nSPS) is 18.2. The van der Waals surface area contributed by atoms with Gasteiger partial charge in [0.2, 0.25) is 11.0 Å². The molecule has 1 aliphatic rings. The maximum absolute atomic E-state index is 12.1. The van der Waals surface area contributed by atoms with Crippen LogP contribution in [0.4, 0.5) is 5.13 Å². The van der Waals surface area contributed by atoms with E-state index in [9.17, 15) is 4.79 Å². The molecule has 1 atom stereocenters. The highest BCUT2D eigenvalue weighted by atomic mass is 32.1. The van der Waals surface area contributed by atoms with Crippen molar-refractivity contribution in [3.05, 3.63) is 35.1 Å². The van der Waals surface area contributed by atoms with Crippen LogP contribution in [0.1, 0.15) is 42.9 Å². The molecule has 2 aromatic heterocycles. The van der Waals surface area contributed by atoms with Crippen molar-refractivity contribution in [2.75, 3.05) is 18.4 Å². The maximum Gasteiger partial charge on any atom is 0.227 e. The van der Waals surface area contributed by atoms with Gasteiger partial charge >= 0.3 is 0 Å². The summed E-state index contributed by atoms with van der Waals surface area (Å²) in [6.45, 7) is 3.79. The fraction of sp³-hybridized carbons (Fsp3) is 0.500. The molecule has 0 radical (unpaired) electrons. The summed E-state index contributed by atoms with van der Waals surface area (Å²) in [5.74, 6) is -0.00419. The zero-order chi connectivity index (χ0) is 16.1. The van der Waals surface area contributed by atoms with Crippen LogP contribution < -0.4 is 5.32 Å². The molecule has 2 aromatic rings. The summed E-state index contributed by atoms with van der Waals surface area (Å²) < 4.78 is 0. The smallest absolute Gasteiger partial charge is 0.227 e. The Morgan fingerprint density at radius 1 is 1.43 bits per heavy atom. The van der Waals surface area contributed by atoms with Gasteiger partial charge in [0.05, 0.1) is 11.7 Å². The summed E-state index contributed by atoms with van der Waals surface area (Å²) in [6, 6.07) is 6.35. The lowest BCUT2D eigenvalue weighted by Crippen LogP contribution is -2.28. The fourth-order valence-electron chi connectivity index (χ4n) is 2.88. The lowest BCUT2D eigenvalue weighted by atomic mass is 10.1. The molecule has 1 aliphatic heterocycles. The molecule has 1 N–H and O–H groups in total. The van der Waals surface area contributed by atoms with E-state index in [4.69, 9.17) is 0 Å². The topological polar surface area (TPSA) is 71.0 Å². The Balaban J connectivity index is 1.52. The van der Waals surface area contributed by atoms with Gasteiger partial charge in [0.25, 0.3) is 0 Å². The zero-order valence-electron chi connectivity index (χ0n) is 13.2. The maximum atomic E-state index is 12.1. The quantitative estimate of drug-likeness (QED) is 0.881. The first kappa shape index (κ1) is 16.0. The number of nitrogens with one attached hydrogen (secondary N) is 1. The molecule has 1 amide bonds. The van der Waals surface area contributed by atoms with E-state index >= 15 is 0 Å². The molecule has 23 heavy (non-hydrogen) atoms. The van der Waals surface area contributed by atoms with Crippen LogP contribution >= 0.6 is 11.3 Å². The van der Waals surface area contributed by atoms with E-state index in [0.717, 1.165) is 43.1 Å². The van der Waals surface area contributed by atoms with Gasteiger partial charge in [-0.3, -0.25) is 14.7 Å². The molecule has 1 fully saturated rings. The first-order valence-electron chi connectivity index (χ1n) is 8.03. The SMILES string of the molecule is CCc1nnc(NC(=O)CCN2CCC[C@H]2c2ccccn2)s1. The van der Waals surface area contributed by atoms with Crippen LogP contribution in [0.3, 0.4) is 0 Å². The van der Waals surface area contributed by atoms with E-state index in [1.165, 1.54) is 11.3 Å². The third-order valence-corrected chi connectivity index (χ3v) is 5.02. The molecule has 6 nitrogen and oxygen atoms in total. The average molecular weight is 331 g/mol. The lowest BCUT2D eigenvalue weighted by Gasteiger charge is -2.23. The van der Waals surface area contributed by atoms with Crippen molar-refractivity contribution in [2.45, 2.75) is 38.6 Å². The zero-order valence-corrected chi connectivity index (χ0v) is 14.1. The number of likely N-dealkylation sites (tertiary alicyclic amines) is 1. The van der Waals surface area contributed by atoms with E-state index in [1.54, 1.807) is 0 Å². The van der Waals surface area contributed by atoms with Crippen molar-refractivity contribution >= 4 is 22.4 Å². The van der Waals surface area contributed by atoms with E-state index in [0.29, 0.717) is 17.6 Å². The van der Waals surface area contributed by atoms with Gasteiger partial charge in [-0.25, -0.2) is 0 Å². The molecule has 0 unspecified atom stereocenters. The molecule has 0 saturated carbocycles. The highest BCUT2D eigenvalue weighted by molar-refractivity contribution is 7.15. The Labute approximate surface area is 140 Å². The molecule has 3 rings (SSSR count). The minimum absolute atomic E-state index is 0.00419. The third-order valence-electron chi connectivity index (χ3n) is 4.03. The molecule has 0 spiro atoms. The van der Waals surface area contributed by atoms with Crippen LogP contribution in [0.5, 0.6) is 0 Å². The molecule has 0 aliphatic carbocycles. The molecular formula is C16H21N5OS. The first-order chi connectivity index (χ1) is 11.3. The van der Waals surface area contributed by atoms with Gasteiger partial charge in [0.15, 0.2) is 0 Å². The number of hydrogen-bond acceptors (Lipinski definition) is 6. The minimum atomic E-state index is -0.00419. The van der Waals surface area contributed by atoms with Crippen molar-refractivity contribution in [2.24, 2.45) is 0 Å². The number of amides is 1. The molecule has 3 heterocycles. The van der Waals surface area contributed by atoms with Gasteiger partial charge < -0.3 is 5.32 Å². The van der Waals surface area contributed by atoms with Crippen molar-refractivity contribution in [3.8, 4) is 0 Å². The number of carbonyl (C=O) groups is 1. The van der Waals surface area contributed by atoms with Crippen molar-refractivity contribution in [3.63, 3.8) is 0 Å². The van der Waals surface area contributed by atoms with E-state index in [-0.39, 0.29) is 5.91 Å². The second kappa shape index (κ2) is 7.61. The number of rotatable bonds is 6. The van der Waals surface area contributed by atoms with Crippen LogP contribution in [0.25, 0.3) is 0 Å². The number of carbonyl (C=O) groups excluding carboxylic acids is 1. The third kappa shape index (κ3) is 4.11. The van der Waals surface area contributed by atoms with E-state index in [1.807, 2.05) is 25.3 Å². The van der Waals surface area contributed by atoms with Gasteiger partial charge in [-0.15, -0.1) is 10.2 Å². The van der Waals surface area contributed by atoms with Crippen molar-refractivity contribution < 1.29 is 4.79 Å². The van der Waals surface area contributed by atoms with Crippen molar-refractivity contribution in [1.82, 2.24) is 20.1 Å². The number of anilines is 1. The summed E-state index contributed by atoms with van der Waals surface area (Å²) in [5, 5.41) is 12.4. The van der Waals surface area contributed by atoms with Crippen LogP contribution in [0, 0.1) is 0 Å². The predicted molar refractivity (Wildman–Crippen MR) is 90.3 cm³/mol. The van der Waals surface area contributed by atoms with Crippen LogP contribution in [-0.4, -0.2) is 39.1 Å². The number of nitrogens with zero attached hydrogens (tertiary/aromatic N) is 4. The number of aromatic nitrogens is 3. The second-order valence-electron chi connectivity index (χ2n) is 5.60. The first-order valence-corrected chi connectivity index (χ1v) is 8.85. The Hall–Kier alpha value is -1.86. The Morgan fingerprint density at radius 2 is 2.35 bits per heavy atom. The van der Waals surface area contributed by atoms with Gasteiger partial charge in [0, 0.05) is 19.2 Å². The summed E-state index contributed by atoms with van der Waals surface area (Å²) in [5.41, 5.74) is 1.10. The highest BCUT2D eigenvalue weighted by Crippen LogP contribution is 2.30. The summed E-state index contributed by atoms with van der Waals surface area (Å²) >= 11 is 1.44. The van der Waals surface area contributed by atoms with Gasteiger partial charge in [0.1, 0.15) is 5.01 Å². The highest BCUT2D eigenvalue weighted by Gasteiger charge is 2.26. The lowest BCUT2D eigenvalue weighted by molar-refractivity contribution is -0.116. The predicted octanol–water partition coefficient (Wildman–Crippen LogP) is 2.66. The van der Waals surface area contributed by atoms with Gasteiger partial charge in [-0.1, -0.05) is 24.3 Å². The molecule has 0 aromatic carbocycles. The van der Waals surface area contributed by atoms with E-state index in [2.05, 4.69) is 31.5 Å². The monoisotopic (exact) mass is 331 g/mol. The van der Waals surface area contributed by atoms with Crippen LogP contribution in [0.15, 0.2) is 24.4 Å². The summed E-state index contributed by atoms with van der Waals surface area (Å²) in [6.07, 6.45) is 5.39. The average Bonchev–Trinajstić information content (AvgIpc) is 3.22. The number of hydrogen-bond donors (Lipinski definition) is 1.